The van der Waals surface area contributed by atoms with Crippen LogP contribution < -0.4 is 10.1 Å². The lowest BCUT2D eigenvalue weighted by atomic mass is 10.1. The van der Waals surface area contributed by atoms with E-state index in [0.29, 0.717) is 30.7 Å². The van der Waals surface area contributed by atoms with Crippen molar-refractivity contribution in [2.75, 3.05) is 13.2 Å². The summed E-state index contributed by atoms with van der Waals surface area (Å²) in [7, 11) is 0. The molecule has 2 nitrogen and oxygen atoms in total. The van der Waals surface area contributed by atoms with Crippen molar-refractivity contribution in [1.82, 2.24) is 5.32 Å². The number of benzene rings is 1. The lowest BCUT2D eigenvalue weighted by Gasteiger charge is -2.13. The molecule has 0 saturated heterocycles. The summed E-state index contributed by atoms with van der Waals surface area (Å²) < 4.78 is 19.5. The SMILES string of the molecule is CCCC(C)COc1ccc(CNCC(C)C)cc1F. The van der Waals surface area contributed by atoms with E-state index in [0.717, 1.165) is 24.9 Å². The average molecular weight is 281 g/mol. The van der Waals surface area contributed by atoms with Crippen LogP contribution in [0.15, 0.2) is 18.2 Å². The molecule has 0 aliphatic heterocycles. The molecule has 0 aliphatic carbocycles. The van der Waals surface area contributed by atoms with Gasteiger partial charge in [-0.15, -0.1) is 0 Å². The van der Waals surface area contributed by atoms with Crippen molar-refractivity contribution in [2.45, 2.75) is 47.1 Å². The topological polar surface area (TPSA) is 21.3 Å². The van der Waals surface area contributed by atoms with Crippen molar-refractivity contribution in [3.8, 4) is 5.75 Å². The minimum absolute atomic E-state index is 0.266. The summed E-state index contributed by atoms with van der Waals surface area (Å²) in [5.74, 6) is 1.16. The maximum atomic E-state index is 13.9. The van der Waals surface area contributed by atoms with E-state index in [2.05, 4.69) is 33.0 Å². The molecule has 0 amide bonds. The molecule has 3 heteroatoms. The molecule has 20 heavy (non-hydrogen) atoms. The summed E-state index contributed by atoms with van der Waals surface area (Å²) >= 11 is 0. The summed E-state index contributed by atoms with van der Waals surface area (Å²) in [6.07, 6.45) is 2.24. The molecule has 0 aromatic heterocycles. The van der Waals surface area contributed by atoms with Gasteiger partial charge in [0.25, 0.3) is 0 Å². The summed E-state index contributed by atoms with van der Waals surface area (Å²) in [5.41, 5.74) is 0.956. The molecule has 1 aromatic rings. The van der Waals surface area contributed by atoms with Gasteiger partial charge in [0.1, 0.15) is 0 Å². The first-order chi connectivity index (χ1) is 9.52. The molecule has 0 heterocycles. The number of hydrogen-bond donors (Lipinski definition) is 1. The van der Waals surface area contributed by atoms with Gasteiger partial charge in [0, 0.05) is 6.54 Å². The van der Waals surface area contributed by atoms with Gasteiger partial charge in [-0.1, -0.05) is 40.2 Å². The van der Waals surface area contributed by atoms with Gasteiger partial charge in [0.05, 0.1) is 6.61 Å². The molecule has 0 radical (unpaired) electrons. The molecular weight excluding hydrogens is 253 g/mol. The summed E-state index contributed by atoms with van der Waals surface area (Å²) in [6.45, 7) is 10.8. The number of hydrogen-bond acceptors (Lipinski definition) is 2. The van der Waals surface area contributed by atoms with Crippen molar-refractivity contribution < 1.29 is 9.13 Å². The predicted molar refractivity (Wildman–Crippen MR) is 82.5 cm³/mol. The molecule has 0 bridgehead atoms. The Bertz CT molecular complexity index is 393. The highest BCUT2D eigenvalue weighted by molar-refractivity contribution is 5.29. The van der Waals surface area contributed by atoms with Gasteiger partial charge in [-0.3, -0.25) is 0 Å². The third kappa shape index (κ3) is 6.38. The zero-order valence-electron chi connectivity index (χ0n) is 13.2. The summed E-state index contributed by atoms with van der Waals surface area (Å²) in [4.78, 5) is 0. The van der Waals surface area contributed by atoms with E-state index in [9.17, 15) is 4.39 Å². The normalized spacial score (nSPS) is 12.7. The molecule has 1 rings (SSSR count). The maximum Gasteiger partial charge on any atom is 0.165 e. The highest BCUT2D eigenvalue weighted by atomic mass is 19.1. The van der Waals surface area contributed by atoms with Crippen LogP contribution in [0.4, 0.5) is 4.39 Å². The number of rotatable bonds is 9. The average Bonchev–Trinajstić information content (AvgIpc) is 2.37. The quantitative estimate of drug-likeness (QED) is 0.725. The number of halogens is 1. The molecule has 1 atom stereocenters. The molecule has 0 saturated carbocycles. The van der Waals surface area contributed by atoms with E-state index in [4.69, 9.17) is 4.74 Å². The molecule has 0 aliphatic rings. The highest BCUT2D eigenvalue weighted by Gasteiger charge is 2.07. The summed E-state index contributed by atoms with van der Waals surface area (Å²) in [5, 5.41) is 3.31. The Kier molecular flexibility index (Phi) is 7.60. The molecule has 0 spiro atoms. The van der Waals surface area contributed by atoms with Gasteiger partial charge >= 0.3 is 0 Å². The lowest BCUT2D eigenvalue weighted by molar-refractivity contribution is 0.241. The maximum absolute atomic E-state index is 13.9. The van der Waals surface area contributed by atoms with Crippen molar-refractivity contribution in [3.63, 3.8) is 0 Å². The van der Waals surface area contributed by atoms with E-state index in [1.165, 1.54) is 0 Å². The number of ether oxygens (including phenoxy) is 1. The van der Waals surface area contributed by atoms with Gasteiger partial charge in [-0.05, 0) is 42.5 Å². The number of nitrogens with one attached hydrogen (secondary N) is 1. The van der Waals surface area contributed by atoms with Gasteiger partial charge < -0.3 is 10.1 Å². The van der Waals surface area contributed by atoms with Crippen molar-refractivity contribution in [3.05, 3.63) is 29.6 Å². The Labute approximate surface area is 122 Å². The van der Waals surface area contributed by atoms with Crippen molar-refractivity contribution >= 4 is 0 Å². The molecule has 1 aromatic carbocycles. The Balaban J connectivity index is 2.46. The smallest absolute Gasteiger partial charge is 0.165 e. The van der Waals surface area contributed by atoms with Crippen molar-refractivity contribution in [2.24, 2.45) is 11.8 Å². The monoisotopic (exact) mass is 281 g/mol. The van der Waals surface area contributed by atoms with Crippen LogP contribution in [0.1, 0.15) is 46.1 Å². The molecular formula is C17H28FNO. The van der Waals surface area contributed by atoms with E-state index >= 15 is 0 Å². The fourth-order valence-electron chi connectivity index (χ4n) is 2.08. The second-order valence-electron chi connectivity index (χ2n) is 5.99. The largest absolute Gasteiger partial charge is 0.490 e. The van der Waals surface area contributed by atoms with E-state index in [1.54, 1.807) is 12.1 Å². The first kappa shape index (κ1) is 17.0. The van der Waals surface area contributed by atoms with Crippen LogP contribution in [0.3, 0.4) is 0 Å². The van der Waals surface area contributed by atoms with Crippen LogP contribution in [-0.2, 0) is 6.54 Å². The van der Waals surface area contributed by atoms with E-state index in [1.807, 2.05) is 6.07 Å². The Morgan fingerprint density at radius 1 is 1.25 bits per heavy atom. The second-order valence-corrected chi connectivity index (χ2v) is 5.99. The van der Waals surface area contributed by atoms with Crippen LogP contribution in [0.25, 0.3) is 0 Å². The molecule has 114 valence electrons. The second kappa shape index (κ2) is 8.96. The standard InChI is InChI=1S/C17H28FNO/c1-5-6-14(4)12-20-17-8-7-15(9-16(17)18)11-19-10-13(2)3/h7-9,13-14,19H,5-6,10-12H2,1-4H3. The first-order valence-corrected chi connectivity index (χ1v) is 7.64. The van der Waals surface area contributed by atoms with Crippen LogP contribution in [0.5, 0.6) is 5.75 Å². The van der Waals surface area contributed by atoms with Crippen LogP contribution >= 0.6 is 0 Å². The van der Waals surface area contributed by atoms with Gasteiger partial charge in [0.15, 0.2) is 11.6 Å². The first-order valence-electron chi connectivity index (χ1n) is 7.64. The molecule has 0 fully saturated rings. The minimum atomic E-state index is -0.266. The Morgan fingerprint density at radius 2 is 2.00 bits per heavy atom. The Hall–Kier alpha value is -1.09. The predicted octanol–water partition coefficient (Wildman–Crippen LogP) is 4.39. The van der Waals surface area contributed by atoms with Gasteiger partial charge in [0.2, 0.25) is 0 Å². The third-order valence-corrected chi connectivity index (χ3v) is 3.18. The van der Waals surface area contributed by atoms with Crippen LogP contribution in [-0.4, -0.2) is 13.2 Å². The van der Waals surface area contributed by atoms with Crippen molar-refractivity contribution in [1.29, 1.82) is 0 Å². The van der Waals surface area contributed by atoms with Gasteiger partial charge in [-0.25, -0.2) is 4.39 Å². The lowest BCUT2D eigenvalue weighted by Crippen LogP contribution is -2.19. The molecule has 1 N–H and O–H groups in total. The highest BCUT2D eigenvalue weighted by Crippen LogP contribution is 2.19. The van der Waals surface area contributed by atoms with E-state index in [-0.39, 0.29) is 5.82 Å². The van der Waals surface area contributed by atoms with Gasteiger partial charge in [-0.2, -0.15) is 0 Å². The third-order valence-electron chi connectivity index (χ3n) is 3.18. The summed E-state index contributed by atoms with van der Waals surface area (Å²) in [6, 6.07) is 5.23. The van der Waals surface area contributed by atoms with E-state index < -0.39 is 0 Å². The fourth-order valence-corrected chi connectivity index (χ4v) is 2.08. The minimum Gasteiger partial charge on any atom is -0.490 e. The van der Waals surface area contributed by atoms with Crippen LogP contribution in [0.2, 0.25) is 0 Å². The zero-order valence-corrected chi connectivity index (χ0v) is 13.2. The Morgan fingerprint density at radius 3 is 2.60 bits per heavy atom. The fraction of sp³-hybridized carbons (Fsp3) is 0.647. The molecule has 1 unspecified atom stereocenters. The van der Waals surface area contributed by atoms with Crippen LogP contribution in [0, 0.1) is 17.7 Å². The zero-order chi connectivity index (χ0) is 15.0.